The molecule has 0 bridgehead atoms. The van der Waals surface area contributed by atoms with Crippen molar-refractivity contribution in [3.05, 3.63) is 74.3 Å². The van der Waals surface area contributed by atoms with Crippen molar-refractivity contribution in [2.45, 2.75) is 6.92 Å². The standard InChI is InChI=1S/C23H15Cl3N6OS/c1-10-2-3-13-11(6-10)7-17(28-12-8-14(24)18(26)15(25)9-12)30-21(13)32-23(33)22-29-16-4-5-34-19(16)20(27)31-22/h2-9H,1H3,(H2,27,29,31)(H2,28,30,32,33). The van der Waals surface area contributed by atoms with Crippen LogP contribution in [0.4, 0.5) is 23.1 Å². The normalized spacial score (nSPS) is 11.2. The van der Waals surface area contributed by atoms with Crippen molar-refractivity contribution in [1.82, 2.24) is 15.0 Å². The SMILES string of the molecule is Cc1ccc2c(NC(=O)c3nc(N)c4sccc4n3)nc(Nc3cc(Cl)c(Cl)c(Cl)c3)cc2c1. The van der Waals surface area contributed by atoms with Crippen molar-refractivity contribution in [1.29, 1.82) is 0 Å². The molecular formula is C23H15Cl3N6OS. The van der Waals surface area contributed by atoms with E-state index in [2.05, 4.69) is 25.6 Å². The van der Waals surface area contributed by atoms with E-state index in [4.69, 9.17) is 40.5 Å². The third-order valence-corrected chi connectivity index (χ3v) is 7.13. The topological polar surface area (TPSA) is 106 Å². The van der Waals surface area contributed by atoms with Crippen molar-refractivity contribution in [2.24, 2.45) is 0 Å². The number of anilines is 4. The lowest BCUT2D eigenvalue weighted by Gasteiger charge is -2.13. The minimum absolute atomic E-state index is 0.0416. The van der Waals surface area contributed by atoms with Crippen LogP contribution >= 0.6 is 46.1 Å². The Kier molecular flexibility index (Phi) is 5.91. The Balaban J connectivity index is 1.54. The number of thiophene rings is 1. The van der Waals surface area contributed by atoms with Gasteiger partial charge in [0.25, 0.3) is 5.91 Å². The van der Waals surface area contributed by atoms with Gasteiger partial charge in [-0.25, -0.2) is 15.0 Å². The molecule has 5 aromatic rings. The number of nitrogen functional groups attached to an aromatic ring is 1. The maximum Gasteiger partial charge on any atom is 0.294 e. The Morgan fingerprint density at radius 1 is 1.00 bits per heavy atom. The highest BCUT2D eigenvalue weighted by molar-refractivity contribution is 7.17. The second-order valence-corrected chi connectivity index (χ2v) is 9.59. The quantitative estimate of drug-likeness (QED) is 0.215. The van der Waals surface area contributed by atoms with Crippen LogP contribution < -0.4 is 16.4 Å². The molecule has 0 aliphatic carbocycles. The van der Waals surface area contributed by atoms with E-state index in [1.165, 1.54) is 11.3 Å². The summed E-state index contributed by atoms with van der Waals surface area (Å²) in [6.45, 7) is 1.98. The summed E-state index contributed by atoms with van der Waals surface area (Å²) in [6.07, 6.45) is 0. The number of nitrogens with zero attached hydrogens (tertiary/aromatic N) is 3. The summed E-state index contributed by atoms with van der Waals surface area (Å²) >= 11 is 19.8. The molecule has 1 amide bonds. The largest absolute Gasteiger partial charge is 0.382 e. The maximum atomic E-state index is 13.0. The molecule has 0 unspecified atom stereocenters. The Bertz CT molecular complexity index is 1580. The molecule has 34 heavy (non-hydrogen) atoms. The number of hydrogen-bond acceptors (Lipinski definition) is 7. The van der Waals surface area contributed by atoms with E-state index in [0.717, 1.165) is 21.0 Å². The van der Waals surface area contributed by atoms with Gasteiger partial charge < -0.3 is 16.4 Å². The van der Waals surface area contributed by atoms with Gasteiger partial charge in [0.05, 0.1) is 25.3 Å². The molecule has 0 saturated carbocycles. The molecule has 2 aromatic carbocycles. The van der Waals surface area contributed by atoms with Crippen molar-refractivity contribution in [2.75, 3.05) is 16.4 Å². The van der Waals surface area contributed by atoms with Crippen molar-refractivity contribution < 1.29 is 4.79 Å². The number of halogens is 3. The van der Waals surface area contributed by atoms with Crippen LogP contribution in [0, 0.1) is 6.92 Å². The minimum atomic E-state index is -0.524. The molecule has 0 aliphatic heterocycles. The first-order chi connectivity index (χ1) is 16.3. The van der Waals surface area contributed by atoms with Crippen molar-refractivity contribution in [3.8, 4) is 0 Å². The average Bonchev–Trinajstić information content (AvgIpc) is 3.26. The fraction of sp³-hybridized carbons (Fsp3) is 0.0435. The number of rotatable bonds is 4. The van der Waals surface area contributed by atoms with Crippen LogP contribution in [0.2, 0.25) is 15.1 Å². The number of amides is 1. The lowest BCUT2D eigenvalue weighted by atomic mass is 10.1. The first kappa shape index (κ1) is 22.6. The van der Waals surface area contributed by atoms with Crippen molar-refractivity contribution in [3.63, 3.8) is 0 Å². The summed E-state index contributed by atoms with van der Waals surface area (Å²) in [5, 5.41) is 10.3. The van der Waals surface area contributed by atoms with Gasteiger partial charge in [-0.05, 0) is 42.0 Å². The Morgan fingerprint density at radius 3 is 2.53 bits per heavy atom. The van der Waals surface area contributed by atoms with Gasteiger partial charge in [-0.3, -0.25) is 4.79 Å². The van der Waals surface area contributed by atoms with E-state index in [-0.39, 0.29) is 16.7 Å². The number of nitrogens with two attached hydrogens (primary N) is 1. The second-order valence-electron chi connectivity index (χ2n) is 7.48. The van der Waals surface area contributed by atoms with E-state index in [1.54, 1.807) is 18.2 Å². The van der Waals surface area contributed by atoms with E-state index in [9.17, 15) is 4.79 Å². The van der Waals surface area contributed by atoms with Gasteiger partial charge in [-0.15, -0.1) is 11.3 Å². The van der Waals surface area contributed by atoms with Crippen LogP contribution in [0.5, 0.6) is 0 Å². The highest BCUT2D eigenvalue weighted by atomic mass is 35.5. The summed E-state index contributed by atoms with van der Waals surface area (Å²) in [6, 6.07) is 12.8. The van der Waals surface area contributed by atoms with E-state index in [1.807, 2.05) is 36.6 Å². The third kappa shape index (κ3) is 4.33. The Hall–Kier alpha value is -3.17. The number of carbonyl (C=O) groups is 1. The molecule has 3 heterocycles. The predicted octanol–water partition coefficient (Wildman–Crippen LogP) is 7.09. The number of benzene rings is 2. The van der Waals surface area contributed by atoms with Crippen LogP contribution in [0.15, 0.2) is 47.8 Å². The zero-order chi connectivity index (χ0) is 24.0. The average molecular weight is 530 g/mol. The van der Waals surface area contributed by atoms with Gasteiger partial charge in [0.15, 0.2) is 0 Å². The number of carbonyl (C=O) groups excluding carboxylic acids is 1. The molecule has 5 rings (SSSR count). The zero-order valence-electron chi connectivity index (χ0n) is 17.5. The monoisotopic (exact) mass is 528 g/mol. The number of aromatic nitrogens is 3. The molecular weight excluding hydrogens is 515 g/mol. The molecule has 4 N–H and O–H groups in total. The predicted molar refractivity (Wildman–Crippen MR) is 141 cm³/mol. The zero-order valence-corrected chi connectivity index (χ0v) is 20.6. The van der Waals surface area contributed by atoms with Gasteiger partial charge in [-0.1, -0.05) is 58.6 Å². The summed E-state index contributed by atoms with van der Waals surface area (Å²) < 4.78 is 0.738. The molecule has 170 valence electrons. The molecule has 3 aromatic heterocycles. The first-order valence-corrected chi connectivity index (χ1v) is 11.9. The Labute approximate surface area is 212 Å². The van der Waals surface area contributed by atoms with Gasteiger partial charge in [-0.2, -0.15) is 0 Å². The molecule has 0 radical (unpaired) electrons. The summed E-state index contributed by atoms with van der Waals surface area (Å²) in [7, 11) is 0. The fourth-order valence-corrected chi connectivity index (χ4v) is 4.79. The molecule has 11 heteroatoms. The van der Waals surface area contributed by atoms with Gasteiger partial charge in [0.2, 0.25) is 5.82 Å². The molecule has 0 spiro atoms. The molecule has 0 atom stereocenters. The Morgan fingerprint density at radius 2 is 1.76 bits per heavy atom. The number of fused-ring (bicyclic) bond motifs is 2. The summed E-state index contributed by atoms with van der Waals surface area (Å²) in [5.74, 6) is 0.495. The number of aryl methyl sites for hydroxylation is 1. The first-order valence-electron chi connectivity index (χ1n) is 9.93. The van der Waals surface area contributed by atoms with Gasteiger partial charge >= 0.3 is 0 Å². The maximum absolute atomic E-state index is 13.0. The highest BCUT2D eigenvalue weighted by Gasteiger charge is 2.17. The van der Waals surface area contributed by atoms with E-state index >= 15 is 0 Å². The molecule has 0 aliphatic rings. The summed E-state index contributed by atoms with van der Waals surface area (Å²) in [4.78, 5) is 26.1. The third-order valence-electron chi connectivity index (χ3n) is 5.01. The van der Waals surface area contributed by atoms with Crippen molar-refractivity contribution >= 4 is 96.2 Å². The van der Waals surface area contributed by atoms with Crippen LogP contribution in [-0.4, -0.2) is 20.9 Å². The van der Waals surface area contributed by atoms with E-state index in [0.29, 0.717) is 32.9 Å². The molecule has 0 saturated heterocycles. The van der Waals surface area contributed by atoms with Crippen LogP contribution in [-0.2, 0) is 0 Å². The van der Waals surface area contributed by atoms with Crippen LogP contribution in [0.1, 0.15) is 16.2 Å². The highest BCUT2D eigenvalue weighted by Crippen LogP contribution is 2.35. The van der Waals surface area contributed by atoms with Gasteiger partial charge in [0, 0.05) is 11.1 Å². The number of pyridine rings is 1. The smallest absolute Gasteiger partial charge is 0.294 e. The van der Waals surface area contributed by atoms with Crippen LogP contribution in [0.25, 0.3) is 21.0 Å². The minimum Gasteiger partial charge on any atom is -0.382 e. The second kappa shape index (κ2) is 8.88. The lowest BCUT2D eigenvalue weighted by Crippen LogP contribution is -2.17. The lowest BCUT2D eigenvalue weighted by molar-refractivity contribution is 0.101. The van der Waals surface area contributed by atoms with Crippen LogP contribution in [0.3, 0.4) is 0 Å². The molecule has 0 fully saturated rings. The summed E-state index contributed by atoms with van der Waals surface area (Å²) in [5.41, 5.74) is 8.27. The van der Waals surface area contributed by atoms with Gasteiger partial charge in [0.1, 0.15) is 17.5 Å². The fourth-order valence-electron chi connectivity index (χ4n) is 3.46. The number of nitrogens with one attached hydrogen (secondary N) is 2. The number of hydrogen-bond donors (Lipinski definition) is 3. The van der Waals surface area contributed by atoms with E-state index < -0.39 is 5.91 Å². The molecule has 7 nitrogen and oxygen atoms in total.